The first-order valence-electron chi connectivity index (χ1n) is 5.92. The van der Waals surface area contributed by atoms with Crippen LogP contribution in [-0.2, 0) is 17.1 Å². The third-order valence-corrected chi connectivity index (χ3v) is 5.85. The summed E-state index contributed by atoms with van der Waals surface area (Å²) in [5.74, 6) is 0. The van der Waals surface area contributed by atoms with Crippen LogP contribution in [0.3, 0.4) is 0 Å². The maximum atomic E-state index is 12.0. The summed E-state index contributed by atoms with van der Waals surface area (Å²) in [7, 11) is -1.76. The molecule has 1 aromatic rings. The smallest absolute Gasteiger partial charge is 0.259 e. The lowest BCUT2D eigenvalue weighted by molar-refractivity contribution is 0.309. The van der Waals surface area contributed by atoms with Gasteiger partial charge in [-0.1, -0.05) is 29.8 Å². The van der Waals surface area contributed by atoms with Crippen LogP contribution in [0.2, 0.25) is 0 Å². The highest BCUT2D eigenvalue weighted by atomic mass is 79.9. The van der Waals surface area contributed by atoms with Gasteiger partial charge in [-0.05, 0) is 18.3 Å². The monoisotopic (exact) mass is 337 g/mol. The summed E-state index contributed by atoms with van der Waals surface area (Å²) in [6, 6.07) is 0. The fourth-order valence-electron chi connectivity index (χ4n) is 1.59. The predicted molar refractivity (Wildman–Crippen MR) is 75.2 cm³/mol. The van der Waals surface area contributed by atoms with Gasteiger partial charge >= 0.3 is 0 Å². The molecule has 0 unspecified atom stereocenters. The number of aryl methyl sites for hydroxylation is 1. The van der Waals surface area contributed by atoms with Gasteiger partial charge in [0.25, 0.3) is 10.0 Å². The van der Waals surface area contributed by atoms with Gasteiger partial charge in [-0.25, -0.2) is 18.1 Å². The Kier molecular flexibility index (Phi) is 5.36. The Morgan fingerprint density at radius 1 is 1.44 bits per heavy atom. The van der Waals surface area contributed by atoms with Crippen molar-refractivity contribution in [1.29, 1.82) is 0 Å². The van der Waals surface area contributed by atoms with Crippen molar-refractivity contribution in [2.24, 2.45) is 12.5 Å². The molecule has 0 atom stereocenters. The lowest BCUT2D eigenvalue weighted by Gasteiger charge is -2.29. The van der Waals surface area contributed by atoms with Crippen LogP contribution >= 0.6 is 15.9 Å². The van der Waals surface area contributed by atoms with E-state index in [1.165, 1.54) is 12.5 Å². The van der Waals surface area contributed by atoms with Crippen molar-refractivity contribution >= 4 is 26.0 Å². The lowest BCUT2D eigenvalue weighted by Crippen LogP contribution is -2.38. The molecule has 0 fully saturated rings. The van der Waals surface area contributed by atoms with Crippen LogP contribution in [0.5, 0.6) is 0 Å². The van der Waals surface area contributed by atoms with E-state index in [9.17, 15) is 8.42 Å². The number of sulfonamides is 1. The topological polar surface area (TPSA) is 64.0 Å². The molecule has 0 radical (unpaired) electrons. The zero-order valence-electron chi connectivity index (χ0n) is 11.0. The van der Waals surface area contributed by atoms with Crippen LogP contribution in [0.1, 0.15) is 26.7 Å². The summed E-state index contributed by atoms with van der Waals surface area (Å²) < 4.78 is 28.3. The summed E-state index contributed by atoms with van der Waals surface area (Å²) in [5.41, 5.74) is -0.0398. The standard InChI is InChI=1S/C11H20BrN3O2S/c1-4-11(5-2,7-12)8-14-18(16,17)10-6-15(3)9-13-10/h6,9,14H,4-5,7-8H2,1-3H3. The van der Waals surface area contributed by atoms with Gasteiger partial charge in [0, 0.05) is 25.1 Å². The van der Waals surface area contributed by atoms with Crippen LogP contribution in [0.15, 0.2) is 17.6 Å². The first-order valence-corrected chi connectivity index (χ1v) is 8.53. The highest BCUT2D eigenvalue weighted by Gasteiger charge is 2.28. The second-order valence-electron chi connectivity index (χ2n) is 4.54. The molecule has 0 aliphatic rings. The van der Waals surface area contributed by atoms with E-state index in [4.69, 9.17) is 0 Å². The third-order valence-electron chi connectivity index (χ3n) is 3.38. The molecule has 7 heteroatoms. The van der Waals surface area contributed by atoms with Gasteiger partial charge in [0.1, 0.15) is 0 Å². The molecule has 1 N–H and O–H groups in total. The molecule has 0 bridgehead atoms. The molecular weight excluding hydrogens is 318 g/mol. The zero-order valence-corrected chi connectivity index (χ0v) is 13.4. The van der Waals surface area contributed by atoms with E-state index >= 15 is 0 Å². The Labute approximate surface area is 117 Å². The quantitative estimate of drug-likeness (QED) is 0.773. The van der Waals surface area contributed by atoms with Crippen molar-refractivity contribution in [1.82, 2.24) is 14.3 Å². The Balaban J connectivity index is 2.79. The molecule has 0 aliphatic carbocycles. The van der Waals surface area contributed by atoms with Crippen molar-refractivity contribution in [3.05, 3.63) is 12.5 Å². The highest BCUT2D eigenvalue weighted by Crippen LogP contribution is 2.28. The first kappa shape index (κ1) is 15.7. The molecule has 0 spiro atoms. The number of alkyl halides is 1. The number of hydrogen-bond donors (Lipinski definition) is 1. The van der Waals surface area contributed by atoms with Gasteiger partial charge in [0.05, 0.1) is 6.33 Å². The molecule has 1 rings (SSSR count). The van der Waals surface area contributed by atoms with Crippen molar-refractivity contribution < 1.29 is 8.42 Å². The first-order chi connectivity index (χ1) is 8.39. The van der Waals surface area contributed by atoms with Crippen LogP contribution in [0, 0.1) is 5.41 Å². The van der Waals surface area contributed by atoms with E-state index in [1.54, 1.807) is 11.6 Å². The van der Waals surface area contributed by atoms with E-state index in [0.717, 1.165) is 18.2 Å². The normalized spacial score (nSPS) is 12.9. The van der Waals surface area contributed by atoms with E-state index in [1.807, 2.05) is 0 Å². The van der Waals surface area contributed by atoms with Crippen LogP contribution in [0.4, 0.5) is 0 Å². The highest BCUT2D eigenvalue weighted by molar-refractivity contribution is 9.09. The van der Waals surface area contributed by atoms with Crippen LogP contribution in [-0.4, -0.2) is 29.8 Å². The molecule has 18 heavy (non-hydrogen) atoms. The minimum Gasteiger partial charge on any atom is -0.339 e. The summed E-state index contributed by atoms with van der Waals surface area (Å²) in [6.07, 6.45) is 4.81. The van der Waals surface area contributed by atoms with E-state index in [2.05, 4.69) is 39.5 Å². The fourth-order valence-corrected chi connectivity index (χ4v) is 3.71. The minimum absolute atomic E-state index is 0.0398. The summed E-state index contributed by atoms with van der Waals surface area (Å²) in [4.78, 5) is 3.87. The lowest BCUT2D eigenvalue weighted by atomic mass is 9.85. The molecule has 104 valence electrons. The predicted octanol–water partition coefficient (Wildman–Crippen LogP) is 1.90. The van der Waals surface area contributed by atoms with Crippen molar-refractivity contribution in [3.8, 4) is 0 Å². The Morgan fingerprint density at radius 2 is 2.06 bits per heavy atom. The second-order valence-corrected chi connectivity index (χ2v) is 6.82. The second kappa shape index (κ2) is 6.16. The number of rotatable bonds is 7. The van der Waals surface area contributed by atoms with E-state index < -0.39 is 10.0 Å². The Hall–Kier alpha value is -0.400. The largest absolute Gasteiger partial charge is 0.339 e. The maximum Gasteiger partial charge on any atom is 0.259 e. The fraction of sp³-hybridized carbons (Fsp3) is 0.727. The molecule has 0 saturated carbocycles. The Bertz CT molecular complexity index is 472. The molecular formula is C11H20BrN3O2S. The molecule has 0 saturated heterocycles. The van der Waals surface area contributed by atoms with Crippen LogP contribution < -0.4 is 4.72 Å². The van der Waals surface area contributed by atoms with Gasteiger partial charge < -0.3 is 4.57 Å². The van der Waals surface area contributed by atoms with Crippen molar-refractivity contribution in [2.75, 3.05) is 11.9 Å². The average Bonchev–Trinajstić information content (AvgIpc) is 2.79. The van der Waals surface area contributed by atoms with E-state index in [-0.39, 0.29) is 10.4 Å². The number of nitrogens with zero attached hydrogens (tertiary/aromatic N) is 2. The maximum absolute atomic E-state index is 12.0. The van der Waals surface area contributed by atoms with Gasteiger partial charge in [0.15, 0.2) is 5.03 Å². The molecule has 1 heterocycles. The summed E-state index contributed by atoms with van der Waals surface area (Å²) >= 11 is 3.47. The molecule has 0 amide bonds. The van der Waals surface area contributed by atoms with Gasteiger partial charge in [0.2, 0.25) is 0 Å². The number of halogens is 1. The molecule has 0 aromatic carbocycles. The van der Waals surface area contributed by atoms with Gasteiger partial charge in [-0.15, -0.1) is 0 Å². The zero-order chi connectivity index (χ0) is 13.8. The van der Waals surface area contributed by atoms with Crippen LogP contribution in [0.25, 0.3) is 0 Å². The number of imidazole rings is 1. The molecule has 5 nitrogen and oxygen atoms in total. The summed E-state index contributed by atoms with van der Waals surface area (Å²) in [5, 5.41) is 0.846. The van der Waals surface area contributed by atoms with Gasteiger partial charge in [-0.2, -0.15) is 0 Å². The SMILES string of the molecule is CCC(CC)(CBr)CNS(=O)(=O)c1cn(C)cn1. The van der Waals surface area contributed by atoms with Crippen molar-refractivity contribution in [3.63, 3.8) is 0 Å². The third kappa shape index (κ3) is 3.55. The molecule has 1 aromatic heterocycles. The van der Waals surface area contributed by atoms with Gasteiger partial charge in [-0.3, -0.25) is 0 Å². The summed E-state index contributed by atoms with van der Waals surface area (Å²) in [6.45, 7) is 4.56. The van der Waals surface area contributed by atoms with E-state index in [0.29, 0.717) is 6.54 Å². The average molecular weight is 338 g/mol. The van der Waals surface area contributed by atoms with Crippen molar-refractivity contribution in [2.45, 2.75) is 31.7 Å². The number of aromatic nitrogens is 2. The minimum atomic E-state index is -3.51. The Morgan fingerprint density at radius 3 is 2.44 bits per heavy atom. The molecule has 0 aliphatic heterocycles. The number of nitrogens with one attached hydrogen (secondary N) is 1. The number of hydrogen-bond acceptors (Lipinski definition) is 3.